The Bertz CT molecular complexity index is 252. The molecule has 0 radical (unpaired) electrons. The van der Waals surface area contributed by atoms with Gasteiger partial charge in [-0.25, -0.2) is 4.79 Å². The SMILES string of the molecule is C[C@@H](C[C@H]1CCCCOC1)NC(=O)OC(C)(C)C. The van der Waals surface area contributed by atoms with Crippen LogP contribution in [0, 0.1) is 5.92 Å². The van der Waals surface area contributed by atoms with E-state index in [9.17, 15) is 4.79 Å². The summed E-state index contributed by atoms with van der Waals surface area (Å²) in [4.78, 5) is 11.6. The van der Waals surface area contributed by atoms with E-state index in [4.69, 9.17) is 9.47 Å². The van der Waals surface area contributed by atoms with E-state index in [0.29, 0.717) is 5.92 Å². The maximum atomic E-state index is 11.6. The van der Waals surface area contributed by atoms with Crippen LogP contribution >= 0.6 is 0 Å². The molecule has 0 aromatic carbocycles. The molecule has 1 aliphatic rings. The second kappa shape index (κ2) is 6.98. The maximum absolute atomic E-state index is 11.6. The average molecular weight is 257 g/mol. The Morgan fingerprint density at radius 2 is 2.17 bits per heavy atom. The molecule has 0 aromatic heterocycles. The van der Waals surface area contributed by atoms with Crippen LogP contribution in [0.4, 0.5) is 4.79 Å². The van der Waals surface area contributed by atoms with Crippen molar-refractivity contribution in [2.24, 2.45) is 5.92 Å². The number of carbonyl (C=O) groups is 1. The molecule has 1 fully saturated rings. The third-order valence-corrected chi connectivity index (χ3v) is 2.95. The van der Waals surface area contributed by atoms with E-state index in [1.807, 2.05) is 27.7 Å². The maximum Gasteiger partial charge on any atom is 0.407 e. The first kappa shape index (κ1) is 15.3. The lowest BCUT2D eigenvalue weighted by molar-refractivity contribution is 0.0492. The number of hydrogen-bond donors (Lipinski definition) is 1. The molecule has 0 saturated carbocycles. The van der Waals surface area contributed by atoms with Crippen LogP contribution in [0.25, 0.3) is 0 Å². The molecule has 0 aliphatic carbocycles. The number of nitrogens with one attached hydrogen (secondary N) is 1. The van der Waals surface area contributed by atoms with Crippen molar-refractivity contribution >= 4 is 6.09 Å². The fourth-order valence-electron chi connectivity index (χ4n) is 2.22. The van der Waals surface area contributed by atoms with Gasteiger partial charge in [0.25, 0.3) is 0 Å². The van der Waals surface area contributed by atoms with Crippen LogP contribution in [0.2, 0.25) is 0 Å². The predicted octanol–water partition coefficient (Wildman–Crippen LogP) is 3.11. The van der Waals surface area contributed by atoms with Crippen molar-refractivity contribution in [3.8, 4) is 0 Å². The van der Waals surface area contributed by atoms with Gasteiger partial charge in [-0.3, -0.25) is 0 Å². The third-order valence-electron chi connectivity index (χ3n) is 2.95. The molecule has 1 heterocycles. The van der Waals surface area contributed by atoms with Crippen LogP contribution in [0.1, 0.15) is 53.4 Å². The van der Waals surface area contributed by atoms with E-state index < -0.39 is 5.60 Å². The van der Waals surface area contributed by atoms with Crippen molar-refractivity contribution in [2.45, 2.75) is 65.0 Å². The molecule has 4 nitrogen and oxygen atoms in total. The monoisotopic (exact) mass is 257 g/mol. The molecule has 1 amide bonds. The molecule has 1 saturated heterocycles. The van der Waals surface area contributed by atoms with Crippen LogP contribution in [0.15, 0.2) is 0 Å². The second-order valence-corrected chi connectivity index (χ2v) is 6.22. The molecule has 0 unspecified atom stereocenters. The van der Waals surface area contributed by atoms with Crippen molar-refractivity contribution in [3.05, 3.63) is 0 Å². The van der Waals surface area contributed by atoms with E-state index >= 15 is 0 Å². The second-order valence-electron chi connectivity index (χ2n) is 6.22. The van der Waals surface area contributed by atoms with Crippen molar-refractivity contribution in [2.75, 3.05) is 13.2 Å². The smallest absolute Gasteiger partial charge is 0.407 e. The number of carbonyl (C=O) groups excluding carboxylic acids is 1. The van der Waals surface area contributed by atoms with Gasteiger partial charge in [-0.15, -0.1) is 0 Å². The standard InChI is InChI=1S/C14H27NO3/c1-11(15-13(16)18-14(2,3)4)9-12-7-5-6-8-17-10-12/h11-12H,5-10H2,1-4H3,(H,15,16)/t11-,12+/m0/s1. The molecular formula is C14H27NO3. The van der Waals surface area contributed by atoms with Crippen molar-refractivity contribution in [1.82, 2.24) is 5.32 Å². The number of hydrogen-bond acceptors (Lipinski definition) is 3. The minimum absolute atomic E-state index is 0.131. The zero-order chi connectivity index (χ0) is 13.6. The van der Waals surface area contributed by atoms with Gasteiger partial charge in [-0.2, -0.15) is 0 Å². The summed E-state index contributed by atoms with van der Waals surface area (Å²) in [5.41, 5.74) is -0.435. The summed E-state index contributed by atoms with van der Waals surface area (Å²) >= 11 is 0. The first-order chi connectivity index (χ1) is 8.37. The number of rotatable bonds is 3. The molecule has 0 aromatic rings. The van der Waals surface area contributed by atoms with E-state index in [0.717, 1.165) is 26.1 Å². The van der Waals surface area contributed by atoms with Crippen LogP contribution in [0.3, 0.4) is 0 Å². The average Bonchev–Trinajstić information content (AvgIpc) is 2.42. The normalized spacial score (nSPS) is 23.0. The topological polar surface area (TPSA) is 47.6 Å². The van der Waals surface area contributed by atoms with Crippen molar-refractivity contribution < 1.29 is 14.3 Å². The van der Waals surface area contributed by atoms with Crippen LogP contribution in [0.5, 0.6) is 0 Å². The van der Waals surface area contributed by atoms with Gasteiger partial charge in [0.15, 0.2) is 0 Å². The zero-order valence-corrected chi connectivity index (χ0v) is 12.1. The third kappa shape index (κ3) is 6.84. The summed E-state index contributed by atoms with van der Waals surface area (Å²) in [6, 6.07) is 0.131. The largest absolute Gasteiger partial charge is 0.444 e. The van der Waals surface area contributed by atoms with Crippen LogP contribution in [-0.4, -0.2) is 30.9 Å². The summed E-state index contributed by atoms with van der Waals surface area (Å²) < 4.78 is 10.8. The molecule has 1 N–H and O–H groups in total. The van der Waals surface area contributed by atoms with E-state index in [2.05, 4.69) is 5.32 Å². The molecule has 106 valence electrons. The van der Waals surface area contributed by atoms with Gasteiger partial charge in [-0.1, -0.05) is 6.42 Å². The number of ether oxygens (including phenoxy) is 2. The Balaban J connectivity index is 2.27. The zero-order valence-electron chi connectivity index (χ0n) is 12.1. The Morgan fingerprint density at radius 3 is 2.83 bits per heavy atom. The molecule has 1 aliphatic heterocycles. The van der Waals surface area contributed by atoms with Gasteiger partial charge in [-0.05, 0) is 52.9 Å². The van der Waals surface area contributed by atoms with E-state index in [1.165, 1.54) is 12.8 Å². The fourth-order valence-corrected chi connectivity index (χ4v) is 2.22. The molecule has 0 spiro atoms. The highest BCUT2D eigenvalue weighted by atomic mass is 16.6. The van der Waals surface area contributed by atoms with Gasteiger partial charge < -0.3 is 14.8 Å². The minimum Gasteiger partial charge on any atom is -0.444 e. The molecule has 2 atom stereocenters. The minimum atomic E-state index is -0.435. The Labute approximate surface area is 110 Å². The number of alkyl carbamates (subject to hydrolysis) is 1. The van der Waals surface area contributed by atoms with Crippen LogP contribution < -0.4 is 5.32 Å². The van der Waals surface area contributed by atoms with Gasteiger partial charge in [0.1, 0.15) is 5.60 Å². The summed E-state index contributed by atoms with van der Waals surface area (Å²) in [5, 5.41) is 2.89. The van der Waals surface area contributed by atoms with Gasteiger partial charge in [0, 0.05) is 19.3 Å². The van der Waals surface area contributed by atoms with Gasteiger partial charge in [0.05, 0.1) is 0 Å². The van der Waals surface area contributed by atoms with Crippen molar-refractivity contribution in [3.63, 3.8) is 0 Å². The van der Waals surface area contributed by atoms with E-state index in [1.54, 1.807) is 0 Å². The quantitative estimate of drug-likeness (QED) is 0.845. The highest BCUT2D eigenvalue weighted by Crippen LogP contribution is 2.19. The number of amides is 1. The first-order valence-corrected chi connectivity index (χ1v) is 6.94. The molecule has 1 rings (SSSR count). The van der Waals surface area contributed by atoms with Crippen molar-refractivity contribution in [1.29, 1.82) is 0 Å². The Kier molecular flexibility index (Phi) is 5.93. The Hall–Kier alpha value is -0.770. The van der Waals surface area contributed by atoms with Gasteiger partial charge in [0.2, 0.25) is 0 Å². The summed E-state index contributed by atoms with van der Waals surface area (Å²) in [6.07, 6.45) is 4.21. The summed E-state index contributed by atoms with van der Waals surface area (Å²) in [6.45, 7) is 9.34. The fraction of sp³-hybridized carbons (Fsp3) is 0.929. The summed E-state index contributed by atoms with van der Waals surface area (Å²) in [5.74, 6) is 0.553. The molecular weight excluding hydrogens is 230 g/mol. The van der Waals surface area contributed by atoms with Gasteiger partial charge >= 0.3 is 6.09 Å². The molecule has 4 heteroatoms. The lowest BCUT2D eigenvalue weighted by Gasteiger charge is -2.23. The predicted molar refractivity (Wildman–Crippen MR) is 71.6 cm³/mol. The summed E-state index contributed by atoms with van der Waals surface area (Å²) in [7, 11) is 0. The molecule has 0 bridgehead atoms. The highest BCUT2D eigenvalue weighted by molar-refractivity contribution is 5.67. The Morgan fingerprint density at radius 1 is 1.44 bits per heavy atom. The molecule has 18 heavy (non-hydrogen) atoms. The lowest BCUT2D eigenvalue weighted by atomic mass is 9.96. The highest BCUT2D eigenvalue weighted by Gasteiger charge is 2.20. The lowest BCUT2D eigenvalue weighted by Crippen LogP contribution is -2.38. The first-order valence-electron chi connectivity index (χ1n) is 6.94. The van der Waals surface area contributed by atoms with Crippen LogP contribution in [-0.2, 0) is 9.47 Å². The van der Waals surface area contributed by atoms with E-state index in [-0.39, 0.29) is 12.1 Å².